The van der Waals surface area contributed by atoms with Gasteiger partial charge in [-0.2, -0.15) is 0 Å². The average molecular weight is 1270 g/mol. The number of hydrogen-bond donors (Lipinski definition) is 3. The highest BCUT2D eigenvalue weighted by Crippen LogP contribution is 2.20. The van der Waals surface area contributed by atoms with Gasteiger partial charge in [-0.05, 0) is 57.8 Å². The van der Waals surface area contributed by atoms with Gasteiger partial charge in [0.1, 0.15) is 0 Å². The largest absolute Gasteiger partial charge is 0.466 e. The maximum Gasteiger partial charge on any atom is 0.305 e. The van der Waals surface area contributed by atoms with Crippen LogP contribution in [0.5, 0.6) is 0 Å². The third-order valence-corrected chi connectivity index (χ3v) is 19.7. The van der Waals surface area contributed by atoms with E-state index in [2.05, 4.69) is 31.3 Å². The van der Waals surface area contributed by atoms with Gasteiger partial charge in [0.25, 0.3) is 0 Å². The third kappa shape index (κ3) is 75.4. The summed E-state index contributed by atoms with van der Waals surface area (Å²) in [6.45, 7) is 4.96. The zero-order valence-electron chi connectivity index (χ0n) is 61.4. The molecule has 0 fully saturated rings. The van der Waals surface area contributed by atoms with E-state index in [1.807, 2.05) is 6.08 Å². The molecule has 6 heteroatoms. The molecule has 2 atom stereocenters. The van der Waals surface area contributed by atoms with Crippen molar-refractivity contribution in [2.75, 3.05) is 13.2 Å². The predicted molar refractivity (Wildman–Crippen MR) is 398 cm³/mol. The number of rotatable bonds is 79. The smallest absolute Gasteiger partial charge is 0.305 e. The van der Waals surface area contributed by atoms with Crippen molar-refractivity contribution < 1.29 is 24.5 Å². The van der Waals surface area contributed by atoms with Crippen LogP contribution >= 0.6 is 0 Å². The minimum absolute atomic E-state index is 0.0262. The van der Waals surface area contributed by atoms with E-state index in [0.29, 0.717) is 19.4 Å². The quantitative estimate of drug-likeness (QED) is 0.0320. The Kier molecular flexibility index (Phi) is 78.3. The average Bonchev–Trinajstić information content (AvgIpc) is 3.72. The molecule has 0 bridgehead atoms. The molecule has 0 aromatic heterocycles. The van der Waals surface area contributed by atoms with Crippen LogP contribution in [-0.2, 0) is 14.3 Å². The Hall–Kier alpha value is -1.66. The summed E-state index contributed by atoms with van der Waals surface area (Å²) in [5.74, 6) is -0.0328. The highest BCUT2D eigenvalue weighted by Gasteiger charge is 2.18. The van der Waals surface area contributed by atoms with Gasteiger partial charge in [-0.15, -0.1) is 0 Å². The fourth-order valence-electron chi connectivity index (χ4n) is 13.4. The number of allylic oxidation sites excluding steroid dienone is 3. The standard InChI is InChI=1S/C84H163NO5/c1-3-5-7-9-11-13-15-17-19-20-42-45-49-52-56-60-64-68-72-76-82(87)81(80-86)85-83(88)77-73-69-65-61-57-53-50-46-43-40-38-36-34-32-30-28-26-24-22-21-23-25-27-29-31-33-35-37-39-41-44-47-51-55-59-63-67-71-75-79-90-84(89)78-74-70-66-62-58-54-48-18-16-14-12-10-8-6-4-2/h21-22,72,76,81-82,86-87H,3-20,23-71,73-75,77-80H2,1-2H3,(H,85,88)/b22-21-,76-72+. The van der Waals surface area contributed by atoms with Gasteiger partial charge in [0, 0.05) is 12.8 Å². The highest BCUT2D eigenvalue weighted by atomic mass is 16.5. The second-order valence-electron chi connectivity index (χ2n) is 28.8. The van der Waals surface area contributed by atoms with Crippen molar-refractivity contribution in [1.82, 2.24) is 5.32 Å². The Morgan fingerprint density at radius 2 is 0.522 bits per heavy atom. The monoisotopic (exact) mass is 1270 g/mol. The summed E-state index contributed by atoms with van der Waals surface area (Å²) in [4.78, 5) is 24.6. The van der Waals surface area contributed by atoms with Crippen molar-refractivity contribution in [3.63, 3.8) is 0 Å². The Morgan fingerprint density at radius 1 is 0.300 bits per heavy atom. The van der Waals surface area contributed by atoms with E-state index in [-0.39, 0.29) is 18.5 Å². The molecule has 0 aliphatic rings. The van der Waals surface area contributed by atoms with Gasteiger partial charge in [0.05, 0.1) is 25.4 Å². The summed E-state index contributed by atoms with van der Waals surface area (Å²) >= 11 is 0. The van der Waals surface area contributed by atoms with E-state index < -0.39 is 12.1 Å². The third-order valence-electron chi connectivity index (χ3n) is 19.7. The number of nitrogens with one attached hydrogen (secondary N) is 1. The first-order valence-corrected chi connectivity index (χ1v) is 41.6. The lowest BCUT2D eigenvalue weighted by atomic mass is 10.0. The van der Waals surface area contributed by atoms with Crippen LogP contribution in [-0.4, -0.2) is 47.4 Å². The van der Waals surface area contributed by atoms with Crippen LogP contribution in [0.2, 0.25) is 0 Å². The molecule has 0 rings (SSSR count). The summed E-state index contributed by atoms with van der Waals surface area (Å²) in [7, 11) is 0. The minimum Gasteiger partial charge on any atom is -0.466 e. The summed E-state index contributed by atoms with van der Waals surface area (Å²) in [5, 5.41) is 23.3. The number of aliphatic hydroxyl groups excluding tert-OH is 2. The van der Waals surface area contributed by atoms with Gasteiger partial charge >= 0.3 is 5.97 Å². The minimum atomic E-state index is -0.842. The van der Waals surface area contributed by atoms with E-state index in [1.165, 1.54) is 411 Å². The molecule has 0 radical (unpaired) electrons. The molecule has 0 saturated heterocycles. The van der Waals surface area contributed by atoms with Crippen molar-refractivity contribution in [2.24, 2.45) is 0 Å². The van der Waals surface area contributed by atoms with Crippen LogP contribution in [0.1, 0.15) is 476 Å². The number of aliphatic hydroxyl groups is 2. The molecule has 2 unspecified atom stereocenters. The molecule has 0 aromatic rings. The van der Waals surface area contributed by atoms with Crippen LogP contribution in [0.4, 0.5) is 0 Å². The van der Waals surface area contributed by atoms with Crippen molar-refractivity contribution in [2.45, 2.75) is 488 Å². The maximum atomic E-state index is 12.5. The van der Waals surface area contributed by atoms with Gasteiger partial charge in [0.15, 0.2) is 0 Å². The van der Waals surface area contributed by atoms with Gasteiger partial charge in [0.2, 0.25) is 5.91 Å². The number of esters is 1. The molecule has 0 aliphatic carbocycles. The molecular weight excluding hydrogens is 1100 g/mol. The topological polar surface area (TPSA) is 95.9 Å². The number of hydrogen-bond acceptors (Lipinski definition) is 5. The van der Waals surface area contributed by atoms with E-state index in [0.717, 1.165) is 38.5 Å². The lowest BCUT2D eigenvalue weighted by Crippen LogP contribution is -2.45. The van der Waals surface area contributed by atoms with Gasteiger partial charge in [-0.25, -0.2) is 0 Å². The number of amides is 1. The van der Waals surface area contributed by atoms with E-state index in [9.17, 15) is 19.8 Å². The lowest BCUT2D eigenvalue weighted by molar-refractivity contribution is -0.143. The van der Waals surface area contributed by atoms with Gasteiger partial charge in [-0.3, -0.25) is 9.59 Å². The van der Waals surface area contributed by atoms with Crippen LogP contribution in [0, 0.1) is 0 Å². The van der Waals surface area contributed by atoms with Crippen LogP contribution < -0.4 is 5.32 Å². The molecule has 0 saturated carbocycles. The molecule has 3 N–H and O–H groups in total. The van der Waals surface area contributed by atoms with Gasteiger partial charge < -0.3 is 20.3 Å². The van der Waals surface area contributed by atoms with Gasteiger partial charge in [-0.1, -0.05) is 430 Å². The second kappa shape index (κ2) is 79.8. The number of carbonyl (C=O) groups is 2. The summed E-state index contributed by atoms with van der Waals surface area (Å²) in [5.41, 5.74) is 0. The predicted octanol–water partition coefficient (Wildman–Crippen LogP) is 27.6. The number of ether oxygens (including phenoxy) is 1. The van der Waals surface area contributed by atoms with Crippen LogP contribution in [0.15, 0.2) is 24.3 Å². The zero-order chi connectivity index (χ0) is 64.9. The molecule has 6 nitrogen and oxygen atoms in total. The Balaban J connectivity index is 3.33. The Labute approximate surface area is 564 Å². The fraction of sp³-hybridized carbons (Fsp3) is 0.929. The summed E-state index contributed by atoms with van der Waals surface area (Å²) in [6, 6.07) is -0.625. The molecule has 90 heavy (non-hydrogen) atoms. The van der Waals surface area contributed by atoms with Crippen molar-refractivity contribution >= 4 is 11.9 Å². The molecule has 534 valence electrons. The highest BCUT2D eigenvalue weighted by molar-refractivity contribution is 5.76. The van der Waals surface area contributed by atoms with E-state index >= 15 is 0 Å². The molecule has 0 spiro atoms. The summed E-state index contributed by atoms with van der Waals surface area (Å²) < 4.78 is 5.51. The molecular formula is C84H163NO5. The summed E-state index contributed by atoms with van der Waals surface area (Å²) in [6.07, 6.45) is 103. The number of unbranched alkanes of at least 4 members (excludes halogenated alkanes) is 66. The van der Waals surface area contributed by atoms with Crippen LogP contribution in [0.25, 0.3) is 0 Å². The maximum absolute atomic E-state index is 12.5. The SMILES string of the molecule is CCCCCCCCCCCCCCCCCCC/C=C/C(O)C(CO)NC(=O)CCCCCCCCCCCCCCCCCCC/C=C\CCCCCCCCCCCCCCCCCCCCOC(=O)CCCCCCCCCCCCCCCCC. The molecule has 0 aromatic carbocycles. The second-order valence-corrected chi connectivity index (χ2v) is 28.8. The first kappa shape index (κ1) is 88.3. The normalized spacial score (nSPS) is 12.5. The van der Waals surface area contributed by atoms with E-state index in [4.69, 9.17) is 4.74 Å². The first-order chi connectivity index (χ1) is 44.5. The van der Waals surface area contributed by atoms with Crippen molar-refractivity contribution in [3.8, 4) is 0 Å². The first-order valence-electron chi connectivity index (χ1n) is 41.6. The lowest BCUT2D eigenvalue weighted by Gasteiger charge is -2.20. The zero-order valence-corrected chi connectivity index (χ0v) is 61.4. The fourth-order valence-corrected chi connectivity index (χ4v) is 13.4. The molecule has 0 aliphatic heterocycles. The Morgan fingerprint density at radius 3 is 0.789 bits per heavy atom. The van der Waals surface area contributed by atoms with E-state index in [1.54, 1.807) is 6.08 Å². The van der Waals surface area contributed by atoms with Crippen molar-refractivity contribution in [3.05, 3.63) is 24.3 Å². The molecule has 0 heterocycles. The Bertz CT molecular complexity index is 1410. The van der Waals surface area contributed by atoms with Crippen LogP contribution in [0.3, 0.4) is 0 Å². The number of carbonyl (C=O) groups excluding carboxylic acids is 2. The van der Waals surface area contributed by atoms with Crippen molar-refractivity contribution in [1.29, 1.82) is 0 Å². The molecule has 1 amide bonds.